The highest BCUT2D eigenvalue weighted by Crippen LogP contribution is 2.18. The summed E-state index contributed by atoms with van der Waals surface area (Å²) in [5, 5.41) is 6.06. The van der Waals surface area contributed by atoms with Crippen LogP contribution in [0.3, 0.4) is 0 Å². The Bertz CT molecular complexity index is 910. The van der Waals surface area contributed by atoms with Gasteiger partial charge in [0.25, 0.3) is 5.91 Å². The summed E-state index contributed by atoms with van der Waals surface area (Å²) in [6, 6.07) is 15.7. The molecule has 0 aliphatic heterocycles. The smallest absolute Gasteiger partial charge is 0.271 e. The Balaban J connectivity index is 1.55. The molecule has 1 heterocycles. The molecule has 0 saturated heterocycles. The van der Waals surface area contributed by atoms with Gasteiger partial charge in [-0.25, -0.2) is 9.97 Å². The van der Waals surface area contributed by atoms with Crippen LogP contribution in [-0.2, 0) is 6.42 Å². The molecular formula is C21H22N4O2. The monoisotopic (exact) mass is 362 g/mol. The van der Waals surface area contributed by atoms with E-state index in [1.165, 1.54) is 6.20 Å². The Morgan fingerprint density at radius 3 is 2.56 bits per heavy atom. The van der Waals surface area contributed by atoms with Crippen LogP contribution in [0.4, 0.5) is 11.5 Å². The molecule has 3 aromatic rings. The number of amides is 1. The van der Waals surface area contributed by atoms with Crippen molar-refractivity contribution in [2.24, 2.45) is 0 Å². The van der Waals surface area contributed by atoms with E-state index in [9.17, 15) is 4.79 Å². The number of carbonyl (C=O) groups excluding carboxylic acids is 1. The highest BCUT2D eigenvalue weighted by Gasteiger charge is 2.09. The van der Waals surface area contributed by atoms with Gasteiger partial charge < -0.3 is 15.4 Å². The van der Waals surface area contributed by atoms with Gasteiger partial charge in [0.05, 0.1) is 19.5 Å². The molecule has 0 aliphatic carbocycles. The zero-order chi connectivity index (χ0) is 19.1. The number of hydrogen-bond donors (Lipinski definition) is 2. The number of nitrogens with one attached hydrogen (secondary N) is 2. The Labute approximate surface area is 158 Å². The van der Waals surface area contributed by atoms with E-state index in [2.05, 4.69) is 20.6 Å². The first kappa shape index (κ1) is 18.4. The maximum Gasteiger partial charge on any atom is 0.271 e. The van der Waals surface area contributed by atoms with Crippen molar-refractivity contribution in [2.45, 2.75) is 13.3 Å². The number of aromatic nitrogens is 2. The van der Waals surface area contributed by atoms with Crippen molar-refractivity contribution in [3.8, 4) is 5.75 Å². The molecule has 0 unspecified atom stereocenters. The van der Waals surface area contributed by atoms with Crippen LogP contribution < -0.4 is 15.4 Å². The molecule has 0 saturated carbocycles. The minimum atomic E-state index is -0.250. The van der Waals surface area contributed by atoms with Gasteiger partial charge in [0.15, 0.2) is 0 Å². The minimum absolute atomic E-state index is 0.250. The second kappa shape index (κ2) is 8.80. The predicted molar refractivity (Wildman–Crippen MR) is 106 cm³/mol. The fourth-order valence-corrected chi connectivity index (χ4v) is 2.67. The van der Waals surface area contributed by atoms with Gasteiger partial charge in [-0.3, -0.25) is 4.79 Å². The molecule has 0 spiro atoms. The second-order valence-corrected chi connectivity index (χ2v) is 6.04. The summed E-state index contributed by atoms with van der Waals surface area (Å²) >= 11 is 0. The Morgan fingerprint density at radius 1 is 1.04 bits per heavy atom. The SMILES string of the molecule is COc1ccccc1CCNC(=O)c1cnc(Nc2ccccc2C)cn1. The summed E-state index contributed by atoms with van der Waals surface area (Å²) in [6.45, 7) is 2.50. The Morgan fingerprint density at radius 2 is 1.81 bits per heavy atom. The first-order valence-electron chi connectivity index (χ1n) is 8.72. The van der Waals surface area contributed by atoms with Crippen LogP contribution in [0, 0.1) is 6.92 Å². The summed E-state index contributed by atoms with van der Waals surface area (Å²) in [5.41, 5.74) is 3.40. The molecular weight excluding hydrogens is 340 g/mol. The molecule has 138 valence electrons. The number of methoxy groups -OCH3 is 1. The largest absolute Gasteiger partial charge is 0.496 e. The van der Waals surface area contributed by atoms with Crippen molar-refractivity contribution in [1.82, 2.24) is 15.3 Å². The van der Waals surface area contributed by atoms with Crippen molar-refractivity contribution in [3.63, 3.8) is 0 Å². The second-order valence-electron chi connectivity index (χ2n) is 6.04. The van der Waals surface area contributed by atoms with Crippen LogP contribution >= 0.6 is 0 Å². The number of nitrogens with zero attached hydrogens (tertiary/aromatic N) is 2. The van der Waals surface area contributed by atoms with E-state index in [0.717, 1.165) is 22.6 Å². The van der Waals surface area contributed by atoms with E-state index < -0.39 is 0 Å². The predicted octanol–water partition coefficient (Wildman–Crippen LogP) is 3.51. The maximum atomic E-state index is 12.2. The molecule has 2 aromatic carbocycles. The minimum Gasteiger partial charge on any atom is -0.496 e. The van der Waals surface area contributed by atoms with E-state index in [4.69, 9.17) is 4.74 Å². The fourth-order valence-electron chi connectivity index (χ4n) is 2.67. The Hall–Kier alpha value is -3.41. The van der Waals surface area contributed by atoms with Crippen molar-refractivity contribution in [2.75, 3.05) is 19.0 Å². The molecule has 0 atom stereocenters. The Kier molecular flexibility index (Phi) is 5.99. The standard InChI is InChI=1S/C21H22N4O2/c1-15-7-3-5-9-17(15)25-20-14-23-18(13-24-20)21(26)22-12-11-16-8-4-6-10-19(16)27-2/h3-10,13-14H,11-12H2,1-2H3,(H,22,26)(H,24,25). The third kappa shape index (κ3) is 4.82. The molecule has 0 bridgehead atoms. The van der Waals surface area contributed by atoms with E-state index in [1.807, 2.05) is 55.5 Å². The zero-order valence-corrected chi connectivity index (χ0v) is 15.4. The maximum absolute atomic E-state index is 12.2. The first-order valence-corrected chi connectivity index (χ1v) is 8.72. The lowest BCUT2D eigenvalue weighted by Crippen LogP contribution is -2.26. The van der Waals surface area contributed by atoms with E-state index >= 15 is 0 Å². The van der Waals surface area contributed by atoms with Crippen molar-refractivity contribution in [1.29, 1.82) is 0 Å². The van der Waals surface area contributed by atoms with Crippen LogP contribution in [0.1, 0.15) is 21.6 Å². The van der Waals surface area contributed by atoms with Gasteiger partial charge in [0, 0.05) is 12.2 Å². The zero-order valence-electron chi connectivity index (χ0n) is 15.4. The van der Waals surface area contributed by atoms with Gasteiger partial charge in [-0.05, 0) is 36.6 Å². The lowest BCUT2D eigenvalue weighted by atomic mass is 10.1. The highest BCUT2D eigenvalue weighted by atomic mass is 16.5. The van der Waals surface area contributed by atoms with Crippen LogP contribution in [-0.4, -0.2) is 29.5 Å². The van der Waals surface area contributed by atoms with Crippen LogP contribution in [0.25, 0.3) is 0 Å². The topological polar surface area (TPSA) is 76.1 Å². The van der Waals surface area contributed by atoms with Gasteiger partial charge in [-0.2, -0.15) is 0 Å². The molecule has 6 nitrogen and oxygen atoms in total. The summed E-state index contributed by atoms with van der Waals surface area (Å²) < 4.78 is 5.32. The van der Waals surface area contributed by atoms with Gasteiger partial charge in [-0.1, -0.05) is 36.4 Å². The fraction of sp³-hybridized carbons (Fsp3) is 0.190. The number of anilines is 2. The number of aryl methyl sites for hydroxylation is 1. The number of para-hydroxylation sites is 2. The van der Waals surface area contributed by atoms with Crippen LogP contribution in [0.15, 0.2) is 60.9 Å². The lowest BCUT2D eigenvalue weighted by Gasteiger charge is -2.10. The summed E-state index contributed by atoms with van der Waals surface area (Å²) in [7, 11) is 1.64. The molecule has 6 heteroatoms. The molecule has 2 N–H and O–H groups in total. The third-order valence-corrected chi connectivity index (χ3v) is 4.16. The number of hydrogen-bond acceptors (Lipinski definition) is 5. The number of ether oxygens (including phenoxy) is 1. The van der Waals surface area contributed by atoms with Crippen molar-refractivity contribution in [3.05, 3.63) is 77.7 Å². The summed E-state index contributed by atoms with van der Waals surface area (Å²) in [6.07, 6.45) is 3.71. The number of benzene rings is 2. The van der Waals surface area contributed by atoms with Gasteiger partial charge in [-0.15, -0.1) is 0 Å². The van der Waals surface area contributed by atoms with Crippen molar-refractivity contribution >= 4 is 17.4 Å². The quantitative estimate of drug-likeness (QED) is 0.673. The van der Waals surface area contributed by atoms with E-state index in [1.54, 1.807) is 13.3 Å². The third-order valence-electron chi connectivity index (χ3n) is 4.16. The average molecular weight is 362 g/mol. The average Bonchev–Trinajstić information content (AvgIpc) is 2.70. The summed E-state index contributed by atoms with van der Waals surface area (Å²) in [5.74, 6) is 1.16. The summed E-state index contributed by atoms with van der Waals surface area (Å²) in [4.78, 5) is 20.7. The van der Waals surface area contributed by atoms with E-state index in [0.29, 0.717) is 18.8 Å². The van der Waals surface area contributed by atoms with Crippen LogP contribution in [0.5, 0.6) is 5.75 Å². The highest BCUT2D eigenvalue weighted by molar-refractivity contribution is 5.92. The normalized spacial score (nSPS) is 10.3. The molecule has 0 fully saturated rings. The first-order chi connectivity index (χ1) is 13.2. The molecule has 0 radical (unpaired) electrons. The number of carbonyl (C=O) groups is 1. The van der Waals surface area contributed by atoms with E-state index in [-0.39, 0.29) is 11.6 Å². The molecule has 3 rings (SSSR count). The molecule has 1 aromatic heterocycles. The molecule has 0 aliphatic rings. The van der Waals surface area contributed by atoms with Gasteiger partial charge in [0.2, 0.25) is 0 Å². The van der Waals surface area contributed by atoms with Crippen molar-refractivity contribution < 1.29 is 9.53 Å². The van der Waals surface area contributed by atoms with Gasteiger partial charge >= 0.3 is 0 Å². The molecule has 1 amide bonds. The lowest BCUT2D eigenvalue weighted by molar-refractivity contribution is 0.0948. The number of rotatable bonds is 7. The molecule has 27 heavy (non-hydrogen) atoms. The van der Waals surface area contributed by atoms with Gasteiger partial charge in [0.1, 0.15) is 17.3 Å². The van der Waals surface area contributed by atoms with Crippen LogP contribution in [0.2, 0.25) is 0 Å².